The minimum atomic E-state index is -0.963. The van der Waals surface area contributed by atoms with E-state index in [1.54, 1.807) is 18.7 Å². The van der Waals surface area contributed by atoms with E-state index in [4.69, 9.17) is 5.11 Å². The average molecular weight is 270 g/mol. The van der Waals surface area contributed by atoms with Crippen LogP contribution in [0.5, 0.6) is 0 Å². The van der Waals surface area contributed by atoms with Crippen LogP contribution in [0, 0.1) is 11.3 Å². The van der Waals surface area contributed by atoms with Gasteiger partial charge in [-0.15, -0.1) is 0 Å². The van der Waals surface area contributed by atoms with Gasteiger partial charge in [0.25, 0.3) is 0 Å². The molecule has 0 atom stereocenters. The van der Waals surface area contributed by atoms with Crippen LogP contribution >= 0.6 is 0 Å². The van der Waals surface area contributed by atoms with Crippen LogP contribution in [0.4, 0.5) is 0 Å². The van der Waals surface area contributed by atoms with Crippen molar-refractivity contribution in [2.45, 2.75) is 33.6 Å². The summed E-state index contributed by atoms with van der Waals surface area (Å²) < 4.78 is 0. The lowest BCUT2D eigenvalue weighted by atomic mass is 9.92. The lowest BCUT2D eigenvalue weighted by Gasteiger charge is -2.31. The summed E-state index contributed by atoms with van der Waals surface area (Å²) in [5.41, 5.74) is -0.963. The SMILES string of the molecule is CC(=O)N1CCC(C(=O)NCC(C)(C)C(=O)O)CC1. The molecule has 0 bridgehead atoms. The van der Waals surface area contributed by atoms with Crippen LogP contribution in [0.3, 0.4) is 0 Å². The number of likely N-dealkylation sites (tertiary alicyclic amines) is 1. The van der Waals surface area contributed by atoms with Gasteiger partial charge in [0.2, 0.25) is 11.8 Å². The van der Waals surface area contributed by atoms with Gasteiger partial charge in [0, 0.05) is 32.5 Å². The Hall–Kier alpha value is -1.59. The molecule has 0 aliphatic carbocycles. The molecule has 0 saturated carbocycles. The molecule has 6 heteroatoms. The van der Waals surface area contributed by atoms with Crippen LogP contribution in [0.25, 0.3) is 0 Å². The van der Waals surface area contributed by atoms with Gasteiger partial charge in [-0.2, -0.15) is 0 Å². The fourth-order valence-electron chi connectivity index (χ4n) is 1.98. The molecule has 0 aromatic rings. The van der Waals surface area contributed by atoms with E-state index < -0.39 is 11.4 Å². The first-order chi connectivity index (χ1) is 8.74. The van der Waals surface area contributed by atoms with Crippen molar-refractivity contribution in [3.63, 3.8) is 0 Å². The number of hydrogen-bond donors (Lipinski definition) is 2. The number of piperidine rings is 1. The molecule has 108 valence electrons. The molecule has 2 N–H and O–H groups in total. The van der Waals surface area contributed by atoms with Gasteiger partial charge in [0.15, 0.2) is 0 Å². The molecule has 1 fully saturated rings. The van der Waals surface area contributed by atoms with Crippen LogP contribution in [-0.2, 0) is 14.4 Å². The highest BCUT2D eigenvalue weighted by Crippen LogP contribution is 2.19. The van der Waals surface area contributed by atoms with E-state index in [0.717, 1.165) is 0 Å². The number of carbonyl (C=O) groups excluding carboxylic acids is 2. The fraction of sp³-hybridized carbons (Fsp3) is 0.769. The summed E-state index contributed by atoms with van der Waals surface area (Å²) in [4.78, 5) is 35.8. The third-order valence-corrected chi connectivity index (χ3v) is 3.59. The van der Waals surface area contributed by atoms with Gasteiger partial charge in [-0.25, -0.2) is 0 Å². The van der Waals surface area contributed by atoms with Crippen molar-refractivity contribution in [3.05, 3.63) is 0 Å². The number of nitrogens with one attached hydrogen (secondary N) is 1. The Bertz CT molecular complexity index is 371. The zero-order chi connectivity index (χ0) is 14.6. The number of carboxylic acids is 1. The maximum atomic E-state index is 11.9. The summed E-state index contributed by atoms with van der Waals surface area (Å²) in [5, 5.41) is 11.7. The normalized spacial score (nSPS) is 17.1. The molecule has 1 aliphatic rings. The Morgan fingerprint density at radius 2 is 1.79 bits per heavy atom. The third-order valence-electron chi connectivity index (χ3n) is 3.59. The lowest BCUT2D eigenvalue weighted by molar-refractivity contribution is -0.147. The number of hydrogen-bond acceptors (Lipinski definition) is 3. The molecule has 0 spiro atoms. The van der Waals surface area contributed by atoms with Crippen molar-refractivity contribution in [2.75, 3.05) is 19.6 Å². The Morgan fingerprint density at radius 1 is 1.26 bits per heavy atom. The predicted molar refractivity (Wildman–Crippen MR) is 69.4 cm³/mol. The maximum Gasteiger partial charge on any atom is 0.310 e. The van der Waals surface area contributed by atoms with E-state index in [9.17, 15) is 14.4 Å². The molecule has 1 aliphatic heterocycles. The second-order valence-corrected chi connectivity index (χ2v) is 5.69. The maximum absolute atomic E-state index is 11.9. The van der Waals surface area contributed by atoms with Gasteiger partial charge in [0.05, 0.1) is 5.41 Å². The molecule has 0 unspecified atom stereocenters. The molecule has 6 nitrogen and oxygen atoms in total. The summed E-state index contributed by atoms with van der Waals surface area (Å²) in [7, 11) is 0. The van der Waals surface area contributed by atoms with Gasteiger partial charge >= 0.3 is 5.97 Å². The Balaban J connectivity index is 2.40. The highest BCUT2D eigenvalue weighted by atomic mass is 16.4. The molecule has 1 saturated heterocycles. The fourth-order valence-corrected chi connectivity index (χ4v) is 1.98. The third kappa shape index (κ3) is 4.22. The first kappa shape index (κ1) is 15.5. The van der Waals surface area contributed by atoms with Gasteiger partial charge in [-0.05, 0) is 26.7 Å². The zero-order valence-electron chi connectivity index (χ0n) is 11.7. The summed E-state index contributed by atoms with van der Waals surface area (Å²) in [6.45, 7) is 5.98. The largest absolute Gasteiger partial charge is 0.481 e. The van der Waals surface area contributed by atoms with Crippen LogP contribution in [0.1, 0.15) is 33.6 Å². The predicted octanol–water partition coefficient (Wildman–Crippen LogP) is 0.472. The minimum Gasteiger partial charge on any atom is -0.481 e. The Labute approximate surface area is 113 Å². The smallest absolute Gasteiger partial charge is 0.310 e. The van der Waals surface area contributed by atoms with Crippen LogP contribution < -0.4 is 5.32 Å². The van der Waals surface area contributed by atoms with E-state index in [0.29, 0.717) is 25.9 Å². The number of nitrogens with zero attached hydrogens (tertiary/aromatic N) is 1. The van der Waals surface area contributed by atoms with Crippen molar-refractivity contribution in [1.82, 2.24) is 10.2 Å². The van der Waals surface area contributed by atoms with Gasteiger partial charge in [-0.1, -0.05) is 0 Å². The molecule has 0 aromatic heterocycles. The summed E-state index contributed by atoms with van der Waals surface area (Å²) in [6, 6.07) is 0. The van der Waals surface area contributed by atoms with Gasteiger partial charge in [0.1, 0.15) is 0 Å². The number of rotatable bonds is 4. The molecular formula is C13H22N2O4. The number of aliphatic carboxylic acids is 1. The monoisotopic (exact) mass is 270 g/mol. The van der Waals surface area contributed by atoms with Crippen molar-refractivity contribution < 1.29 is 19.5 Å². The van der Waals surface area contributed by atoms with Gasteiger partial charge in [-0.3, -0.25) is 14.4 Å². The quantitative estimate of drug-likeness (QED) is 0.777. The van der Waals surface area contributed by atoms with Crippen LogP contribution in [0.2, 0.25) is 0 Å². The van der Waals surface area contributed by atoms with E-state index in [-0.39, 0.29) is 24.3 Å². The van der Waals surface area contributed by atoms with Gasteiger partial charge < -0.3 is 15.3 Å². The average Bonchev–Trinajstić information content (AvgIpc) is 2.36. The molecule has 0 radical (unpaired) electrons. The lowest BCUT2D eigenvalue weighted by Crippen LogP contribution is -2.45. The summed E-state index contributed by atoms with van der Waals surface area (Å²) in [6.07, 6.45) is 1.28. The highest BCUT2D eigenvalue weighted by molar-refractivity contribution is 5.81. The number of carboxylic acid groups (broad SMARTS) is 1. The number of carbonyl (C=O) groups is 3. The molecule has 0 aromatic carbocycles. The Kier molecular flexibility index (Phi) is 4.91. The highest BCUT2D eigenvalue weighted by Gasteiger charge is 2.30. The van der Waals surface area contributed by atoms with E-state index in [2.05, 4.69) is 5.32 Å². The molecule has 19 heavy (non-hydrogen) atoms. The standard InChI is InChI=1S/C13H22N2O4/c1-9(16)15-6-4-10(5-7-15)11(17)14-8-13(2,3)12(18)19/h10H,4-8H2,1-3H3,(H,14,17)(H,18,19). The molecule has 1 rings (SSSR count). The minimum absolute atomic E-state index is 0.0332. The van der Waals surface area contributed by atoms with Crippen LogP contribution in [-0.4, -0.2) is 47.4 Å². The van der Waals surface area contributed by atoms with Crippen molar-refractivity contribution in [2.24, 2.45) is 11.3 Å². The second-order valence-electron chi connectivity index (χ2n) is 5.69. The Morgan fingerprint density at radius 3 is 2.21 bits per heavy atom. The molecule has 2 amide bonds. The van der Waals surface area contributed by atoms with Crippen LogP contribution in [0.15, 0.2) is 0 Å². The van der Waals surface area contributed by atoms with E-state index in [1.165, 1.54) is 6.92 Å². The van der Waals surface area contributed by atoms with Crippen molar-refractivity contribution in [3.8, 4) is 0 Å². The number of amides is 2. The molecule has 1 heterocycles. The summed E-state index contributed by atoms with van der Waals surface area (Å²) >= 11 is 0. The first-order valence-electron chi connectivity index (χ1n) is 6.50. The van der Waals surface area contributed by atoms with E-state index in [1.807, 2.05) is 0 Å². The second kappa shape index (κ2) is 6.04. The zero-order valence-corrected chi connectivity index (χ0v) is 11.7. The van der Waals surface area contributed by atoms with Crippen molar-refractivity contribution >= 4 is 17.8 Å². The van der Waals surface area contributed by atoms with E-state index >= 15 is 0 Å². The topological polar surface area (TPSA) is 86.7 Å². The molecular weight excluding hydrogens is 248 g/mol. The van der Waals surface area contributed by atoms with Crippen molar-refractivity contribution in [1.29, 1.82) is 0 Å². The summed E-state index contributed by atoms with van der Waals surface area (Å²) in [5.74, 6) is -1.14. The first-order valence-corrected chi connectivity index (χ1v) is 6.50.